The van der Waals surface area contributed by atoms with Crippen molar-refractivity contribution < 1.29 is 4.74 Å². The molecular weight excluding hydrogens is 262 g/mol. The summed E-state index contributed by atoms with van der Waals surface area (Å²) in [5.74, 6) is 1.84. The molecule has 1 fully saturated rings. The molecule has 4 nitrogen and oxygen atoms in total. The average Bonchev–Trinajstić information content (AvgIpc) is 2.71. The van der Waals surface area contributed by atoms with Gasteiger partial charge in [0.25, 0.3) is 0 Å². The first-order valence-electron chi connectivity index (χ1n) is 8.36. The van der Waals surface area contributed by atoms with Gasteiger partial charge in [0.2, 0.25) is 0 Å². The summed E-state index contributed by atoms with van der Waals surface area (Å²) in [5, 5.41) is 3.36. The maximum atomic E-state index is 6.21. The molecule has 0 bridgehead atoms. The molecule has 0 amide bonds. The Bertz CT molecular complexity index is 465. The topological polar surface area (TPSA) is 47.0 Å². The summed E-state index contributed by atoms with van der Waals surface area (Å²) in [6, 6.07) is 0. The van der Waals surface area contributed by atoms with Crippen LogP contribution in [0.2, 0.25) is 0 Å². The number of aromatic nitrogens is 2. The van der Waals surface area contributed by atoms with Gasteiger partial charge in [-0.2, -0.15) is 0 Å². The van der Waals surface area contributed by atoms with E-state index in [2.05, 4.69) is 33.0 Å². The van der Waals surface area contributed by atoms with E-state index in [-0.39, 0.29) is 5.60 Å². The molecule has 0 radical (unpaired) electrons. The number of nitrogens with zero attached hydrogens (tertiary/aromatic N) is 2. The lowest BCUT2D eigenvalue weighted by Gasteiger charge is -2.32. The lowest BCUT2D eigenvalue weighted by Crippen LogP contribution is -2.32. The van der Waals surface area contributed by atoms with Crippen LogP contribution in [0.3, 0.4) is 0 Å². The maximum Gasteiger partial charge on any atom is 0.162 e. The number of ether oxygens (including phenoxy) is 1. The average molecular weight is 291 g/mol. The van der Waals surface area contributed by atoms with Gasteiger partial charge < -0.3 is 10.1 Å². The van der Waals surface area contributed by atoms with Crippen molar-refractivity contribution in [2.45, 2.75) is 71.8 Å². The van der Waals surface area contributed by atoms with Crippen LogP contribution in [0.15, 0.2) is 0 Å². The number of hydrogen-bond acceptors (Lipinski definition) is 4. The fourth-order valence-corrected chi connectivity index (χ4v) is 3.18. The van der Waals surface area contributed by atoms with Crippen molar-refractivity contribution in [2.75, 3.05) is 18.5 Å². The van der Waals surface area contributed by atoms with Gasteiger partial charge in [-0.05, 0) is 40.5 Å². The monoisotopic (exact) mass is 291 g/mol. The van der Waals surface area contributed by atoms with E-state index >= 15 is 0 Å². The second-order valence-corrected chi connectivity index (χ2v) is 5.98. The Hall–Kier alpha value is -1.16. The predicted octanol–water partition coefficient (Wildman–Crippen LogP) is 4.11. The molecule has 1 aliphatic carbocycles. The second-order valence-electron chi connectivity index (χ2n) is 5.98. The molecule has 21 heavy (non-hydrogen) atoms. The van der Waals surface area contributed by atoms with Crippen molar-refractivity contribution in [3.8, 4) is 0 Å². The molecule has 1 aliphatic rings. The van der Waals surface area contributed by atoms with Crippen LogP contribution in [-0.2, 0) is 10.3 Å². The lowest BCUT2D eigenvalue weighted by molar-refractivity contribution is -0.0624. The Labute approximate surface area is 128 Å². The summed E-state index contributed by atoms with van der Waals surface area (Å²) >= 11 is 0. The summed E-state index contributed by atoms with van der Waals surface area (Å²) in [7, 11) is 0. The van der Waals surface area contributed by atoms with Gasteiger partial charge in [0.1, 0.15) is 11.4 Å². The van der Waals surface area contributed by atoms with Gasteiger partial charge in [0.15, 0.2) is 5.82 Å². The summed E-state index contributed by atoms with van der Waals surface area (Å²) in [5.41, 5.74) is 1.91. The Morgan fingerprint density at radius 1 is 1.05 bits per heavy atom. The van der Waals surface area contributed by atoms with E-state index in [1.165, 1.54) is 25.7 Å². The van der Waals surface area contributed by atoms with Crippen LogP contribution >= 0.6 is 0 Å². The Balaban J connectivity index is 2.43. The van der Waals surface area contributed by atoms with E-state index in [0.717, 1.165) is 42.3 Å². The SMILES string of the molecule is CCNc1nc(C2(OCC)CCCCCC2)nc(C)c1C. The van der Waals surface area contributed by atoms with Gasteiger partial charge in [-0.25, -0.2) is 9.97 Å². The molecule has 1 aromatic rings. The molecular formula is C17H29N3O. The third-order valence-electron chi connectivity index (χ3n) is 4.47. The van der Waals surface area contributed by atoms with Crippen LogP contribution in [0, 0.1) is 13.8 Å². The molecule has 0 atom stereocenters. The highest BCUT2D eigenvalue weighted by molar-refractivity contribution is 5.45. The van der Waals surface area contributed by atoms with Gasteiger partial charge in [-0.15, -0.1) is 0 Å². The van der Waals surface area contributed by atoms with Gasteiger partial charge >= 0.3 is 0 Å². The van der Waals surface area contributed by atoms with Crippen molar-refractivity contribution in [3.05, 3.63) is 17.1 Å². The molecule has 0 aromatic carbocycles. The van der Waals surface area contributed by atoms with Gasteiger partial charge in [-0.3, -0.25) is 0 Å². The minimum Gasteiger partial charge on any atom is -0.370 e. The molecule has 1 N–H and O–H groups in total. The van der Waals surface area contributed by atoms with Crippen molar-refractivity contribution in [2.24, 2.45) is 0 Å². The zero-order chi connectivity index (χ0) is 15.3. The number of aryl methyl sites for hydroxylation is 1. The number of nitrogens with one attached hydrogen (secondary N) is 1. The smallest absolute Gasteiger partial charge is 0.162 e. The van der Waals surface area contributed by atoms with Crippen molar-refractivity contribution in [1.29, 1.82) is 0 Å². The Kier molecular flexibility index (Phi) is 5.57. The summed E-state index contributed by atoms with van der Waals surface area (Å²) in [4.78, 5) is 9.63. The Morgan fingerprint density at radius 2 is 1.71 bits per heavy atom. The second kappa shape index (κ2) is 7.21. The summed E-state index contributed by atoms with van der Waals surface area (Å²) in [6.07, 6.45) is 7.06. The normalized spacial score (nSPS) is 18.3. The molecule has 0 aliphatic heterocycles. The number of rotatable bonds is 5. The van der Waals surface area contributed by atoms with Crippen LogP contribution in [0.5, 0.6) is 0 Å². The van der Waals surface area contributed by atoms with E-state index in [1.807, 2.05) is 0 Å². The number of hydrogen-bond donors (Lipinski definition) is 1. The number of anilines is 1. The molecule has 0 saturated heterocycles. The highest BCUT2D eigenvalue weighted by Gasteiger charge is 2.37. The van der Waals surface area contributed by atoms with Crippen LogP contribution in [-0.4, -0.2) is 23.1 Å². The first-order valence-corrected chi connectivity index (χ1v) is 8.36. The fourth-order valence-electron chi connectivity index (χ4n) is 3.18. The van der Waals surface area contributed by atoms with E-state index in [0.29, 0.717) is 6.61 Å². The quantitative estimate of drug-likeness (QED) is 0.829. The summed E-state index contributed by atoms with van der Waals surface area (Å²) in [6.45, 7) is 9.90. The largest absolute Gasteiger partial charge is 0.370 e. The molecule has 1 saturated carbocycles. The zero-order valence-electron chi connectivity index (χ0n) is 14.0. The van der Waals surface area contributed by atoms with Crippen LogP contribution in [0.25, 0.3) is 0 Å². The standard InChI is InChI=1S/C17H29N3O/c1-5-18-15-13(3)14(4)19-16(20-15)17(21-6-2)11-9-7-8-10-12-17/h5-12H2,1-4H3,(H,18,19,20). The molecule has 0 spiro atoms. The third-order valence-corrected chi connectivity index (χ3v) is 4.47. The predicted molar refractivity (Wildman–Crippen MR) is 86.7 cm³/mol. The first kappa shape index (κ1) is 16.2. The molecule has 1 heterocycles. The van der Waals surface area contributed by atoms with E-state index in [1.54, 1.807) is 0 Å². The molecule has 2 rings (SSSR count). The molecule has 1 aromatic heterocycles. The lowest BCUT2D eigenvalue weighted by atomic mass is 9.92. The van der Waals surface area contributed by atoms with Crippen LogP contribution < -0.4 is 5.32 Å². The van der Waals surface area contributed by atoms with E-state index < -0.39 is 0 Å². The minimum absolute atomic E-state index is 0.284. The van der Waals surface area contributed by atoms with Gasteiger partial charge in [-0.1, -0.05) is 25.7 Å². The first-order chi connectivity index (χ1) is 10.1. The van der Waals surface area contributed by atoms with Crippen molar-refractivity contribution >= 4 is 5.82 Å². The zero-order valence-corrected chi connectivity index (χ0v) is 14.0. The minimum atomic E-state index is -0.284. The Morgan fingerprint density at radius 3 is 2.29 bits per heavy atom. The molecule has 4 heteroatoms. The maximum absolute atomic E-state index is 6.21. The van der Waals surface area contributed by atoms with Crippen molar-refractivity contribution in [3.63, 3.8) is 0 Å². The molecule has 0 unspecified atom stereocenters. The molecule has 118 valence electrons. The van der Waals surface area contributed by atoms with Crippen molar-refractivity contribution in [1.82, 2.24) is 9.97 Å². The van der Waals surface area contributed by atoms with Gasteiger partial charge in [0, 0.05) is 24.4 Å². The van der Waals surface area contributed by atoms with Crippen LogP contribution in [0.4, 0.5) is 5.82 Å². The van der Waals surface area contributed by atoms with Gasteiger partial charge in [0.05, 0.1) is 0 Å². The highest BCUT2D eigenvalue weighted by Crippen LogP contribution is 2.38. The third kappa shape index (κ3) is 3.54. The van der Waals surface area contributed by atoms with E-state index in [4.69, 9.17) is 14.7 Å². The fraction of sp³-hybridized carbons (Fsp3) is 0.765. The van der Waals surface area contributed by atoms with Crippen LogP contribution in [0.1, 0.15) is 69.5 Å². The van der Waals surface area contributed by atoms with E-state index in [9.17, 15) is 0 Å². The summed E-state index contributed by atoms with van der Waals surface area (Å²) < 4.78 is 6.21. The highest BCUT2D eigenvalue weighted by atomic mass is 16.5.